The van der Waals surface area contributed by atoms with Crippen LogP contribution in [0.15, 0.2) is 24.3 Å². The number of thioether (sulfide) groups is 1. The smallest absolute Gasteiger partial charge is 0.169 e. The van der Waals surface area contributed by atoms with Crippen LogP contribution in [0.4, 0.5) is 5.69 Å². The lowest BCUT2D eigenvalue weighted by Gasteiger charge is -2.36. The quantitative estimate of drug-likeness (QED) is 0.919. The zero-order chi connectivity index (χ0) is 14.0. The van der Waals surface area contributed by atoms with Crippen molar-refractivity contribution in [1.29, 1.82) is 0 Å². The highest BCUT2D eigenvalue weighted by Gasteiger charge is 2.31. The molecule has 1 aliphatic rings. The maximum absolute atomic E-state index is 11.9. The Balaban J connectivity index is 2.27. The normalized spacial score (nSPS) is 22.3. The monoisotopic (exact) mass is 300 g/mol. The van der Waals surface area contributed by atoms with Gasteiger partial charge in [-0.15, -0.1) is 0 Å². The Labute approximate surface area is 119 Å². The summed E-state index contributed by atoms with van der Waals surface area (Å²) in [5.74, 6) is 1.59. The Morgan fingerprint density at radius 3 is 2.53 bits per heavy atom. The molecule has 19 heavy (non-hydrogen) atoms. The maximum Gasteiger partial charge on any atom is 0.169 e. The van der Waals surface area contributed by atoms with Crippen LogP contribution in [0.3, 0.4) is 0 Å². The molecule has 0 amide bonds. The van der Waals surface area contributed by atoms with E-state index in [1.807, 2.05) is 36.1 Å². The van der Waals surface area contributed by atoms with Gasteiger partial charge in [-0.25, -0.2) is 8.42 Å². The molecule has 1 aliphatic heterocycles. The van der Waals surface area contributed by atoms with Crippen molar-refractivity contribution in [3.05, 3.63) is 29.8 Å². The summed E-state index contributed by atoms with van der Waals surface area (Å²) in [6, 6.07) is 7.87. The van der Waals surface area contributed by atoms with Gasteiger partial charge in [-0.3, -0.25) is 0 Å². The third kappa shape index (κ3) is 3.43. The van der Waals surface area contributed by atoms with Crippen molar-refractivity contribution < 1.29 is 8.42 Å². The Kier molecular flexibility index (Phi) is 4.43. The predicted molar refractivity (Wildman–Crippen MR) is 82.3 cm³/mol. The van der Waals surface area contributed by atoms with Crippen LogP contribution < -0.4 is 10.6 Å². The summed E-state index contributed by atoms with van der Waals surface area (Å²) in [5.41, 5.74) is 7.85. The zero-order valence-electron chi connectivity index (χ0n) is 11.2. The van der Waals surface area contributed by atoms with Crippen molar-refractivity contribution in [1.82, 2.24) is 0 Å². The van der Waals surface area contributed by atoms with Crippen LogP contribution in [0.5, 0.6) is 0 Å². The minimum Gasteiger partial charge on any atom is -0.353 e. The molecule has 0 aromatic heterocycles. The van der Waals surface area contributed by atoms with E-state index in [0.717, 1.165) is 23.5 Å². The fourth-order valence-electron chi connectivity index (χ4n) is 2.20. The second-order valence-electron chi connectivity index (χ2n) is 4.93. The predicted octanol–water partition coefficient (Wildman–Crippen LogP) is 1.63. The molecule has 2 rings (SSSR count). The number of nitrogens with two attached hydrogens (primary N) is 1. The topological polar surface area (TPSA) is 63.4 Å². The Hall–Kier alpha value is -0.720. The van der Waals surface area contributed by atoms with Gasteiger partial charge in [0, 0.05) is 36.0 Å². The van der Waals surface area contributed by atoms with Crippen LogP contribution in [0.25, 0.3) is 0 Å². The second-order valence-corrected chi connectivity index (χ2v) is 8.29. The summed E-state index contributed by atoms with van der Waals surface area (Å²) in [6.45, 7) is 2.70. The molecule has 1 aromatic carbocycles. The highest BCUT2D eigenvalue weighted by atomic mass is 32.2. The van der Waals surface area contributed by atoms with Crippen LogP contribution in [0, 0.1) is 0 Å². The second kappa shape index (κ2) is 5.73. The van der Waals surface area contributed by atoms with Crippen molar-refractivity contribution >= 4 is 27.3 Å². The molecule has 106 valence electrons. The summed E-state index contributed by atoms with van der Waals surface area (Å²) >= 11 is 1.70. The summed E-state index contributed by atoms with van der Waals surface area (Å²) < 4.78 is 23.7. The average molecular weight is 300 g/mol. The Morgan fingerprint density at radius 1 is 1.37 bits per heavy atom. The first-order valence-electron chi connectivity index (χ1n) is 6.28. The van der Waals surface area contributed by atoms with E-state index >= 15 is 0 Å². The van der Waals surface area contributed by atoms with Gasteiger partial charge in [0.1, 0.15) is 5.37 Å². The van der Waals surface area contributed by atoms with E-state index in [9.17, 15) is 8.42 Å². The number of sulfone groups is 1. The van der Waals surface area contributed by atoms with Crippen molar-refractivity contribution in [2.45, 2.75) is 18.3 Å². The van der Waals surface area contributed by atoms with Crippen LogP contribution in [-0.2, 0) is 9.84 Å². The first kappa shape index (κ1) is 14.7. The number of hydrogen-bond acceptors (Lipinski definition) is 5. The Morgan fingerprint density at radius 2 is 2.00 bits per heavy atom. The fraction of sp³-hybridized carbons (Fsp3) is 0.538. The zero-order valence-corrected chi connectivity index (χ0v) is 12.9. The largest absolute Gasteiger partial charge is 0.353 e. The molecule has 0 aliphatic carbocycles. The molecular formula is C13H20N2O2S2. The van der Waals surface area contributed by atoms with E-state index in [0.29, 0.717) is 5.75 Å². The molecule has 0 saturated carbocycles. The van der Waals surface area contributed by atoms with Gasteiger partial charge in [-0.2, -0.15) is 11.8 Å². The van der Waals surface area contributed by atoms with Crippen molar-refractivity contribution in [3.8, 4) is 0 Å². The van der Waals surface area contributed by atoms with Gasteiger partial charge < -0.3 is 10.6 Å². The lowest BCUT2D eigenvalue weighted by atomic mass is 10.1. The lowest BCUT2D eigenvalue weighted by molar-refractivity contribution is 0.584. The van der Waals surface area contributed by atoms with Crippen LogP contribution >= 0.6 is 11.8 Å². The van der Waals surface area contributed by atoms with Crippen LogP contribution in [0.1, 0.15) is 18.5 Å². The van der Waals surface area contributed by atoms with E-state index in [-0.39, 0.29) is 6.04 Å². The summed E-state index contributed by atoms with van der Waals surface area (Å²) in [5, 5.41) is -0.424. The first-order chi connectivity index (χ1) is 8.89. The molecule has 2 N–H and O–H groups in total. The summed E-state index contributed by atoms with van der Waals surface area (Å²) in [7, 11) is -3.07. The minimum atomic E-state index is -3.07. The third-order valence-corrected chi connectivity index (χ3v) is 5.97. The summed E-state index contributed by atoms with van der Waals surface area (Å²) in [4.78, 5) is 1.98. The molecule has 1 saturated heterocycles. The number of rotatable bonds is 3. The fourth-order valence-corrected chi connectivity index (χ4v) is 5.04. The van der Waals surface area contributed by atoms with E-state index in [2.05, 4.69) is 0 Å². The molecule has 1 heterocycles. The van der Waals surface area contributed by atoms with Gasteiger partial charge in [-0.1, -0.05) is 12.1 Å². The number of nitrogens with zero attached hydrogens (tertiary/aromatic N) is 1. The highest BCUT2D eigenvalue weighted by molar-refractivity contribution is 8.01. The standard InChI is InChI=1S/C13H20N2O2S2/c1-10(14)11-3-5-12(6-4-11)15-7-8-18-9-13(15)19(2,16)17/h3-6,10,13H,7-9,14H2,1-2H3. The summed E-state index contributed by atoms with van der Waals surface area (Å²) in [6.07, 6.45) is 1.31. The molecule has 0 spiro atoms. The number of anilines is 1. The van der Waals surface area contributed by atoms with Gasteiger partial charge in [0.05, 0.1) is 0 Å². The van der Waals surface area contributed by atoms with E-state index in [4.69, 9.17) is 5.73 Å². The van der Waals surface area contributed by atoms with Gasteiger partial charge in [-0.05, 0) is 24.6 Å². The van der Waals surface area contributed by atoms with Crippen molar-refractivity contribution in [3.63, 3.8) is 0 Å². The first-order valence-corrected chi connectivity index (χ1v) is 9.39. The van der Waals surface area contributed by atoms with Crippen molar-refractivity contribution in [2.75, 3.05) is 29.2 Å². The van der Waals surface area contributed by atoms with Crippen LogP contribution in [0.2, 0.25) is 0 Å². The van der Waals surface area contributed by atoms with Gasteiger partial charge in [0.2, 0.25) is 0 Å². The molecule has 2 unspecified atom stereocenters. The third-order valence-electron chi connectivity index (χ3n) is 3.33. The molecular weight excluding hydrogens is 280 g/mol. The number of hydrogen-bond donors (Lipinski definition) is 1. The molecule has 4 nitrogen and oxygen atoms in total. The SMILES string of the molecule is CC(N)c1ccc(N2CCSCC2S(C)(=O)=O)cc1. The number of benzene rings is 1. The van der Waals surface area contributed by atoms with E-state index < -0.39 is 15.2 Å². The maximum atomic E-state index is 11.9. The average Bonchev–Trinajstić information content (AvgIpc) is 2.38. The molecule has 0 bridgehead atoms. The van der Waals surface area contributed by atoms with E-state index in [1.165, 1.54) is 6.26 Å². The molecule has 1 aromatic rings. The molecule has 2 atom stereocenters. The Bertz CT molecular complexity index is 526. The van der Waals surface area contributed by atoms with Gasteiger partial charge in [0.15, 0.2) is 9.84 Å². The van der Waals surface area contributed by atoms with Crippen molar-refractivity contribution in [2.24, 2.45) is 5.73 Å². The van der Waals surface area contributed by atoms with Gasteiger partial charge in [0.25, 0.3) is 0 Å². The lowest BCUT2D eigenvalue weighted by Crippen LogP contribution is -2.47. The highest BCUT2D eigenvalue weighted by Crippen LogP contribution is 2.27. The molecule has 1 fully saturated rings. The van der Waals surface area contributed by atoms with E-state index in [1.54, 1.807) is 11.8 Å². The molecule has 0 radical (unpaired) electrons. The minimum absolute atomic E-state index is 0.00309. The van der Waals surface area contributed by atoms with Gasteiger partial charge >= 0.3 is 0 Å². The van der Waals surface area contributed by atoms with Crippen LogP contribution in [-0.4, -0.2) is 38.1 Å². The molecule has 6 heteroatoms.